The first kappa shape index (κ1) is 19.9. The lowest BCUT2D eigenvalue weighted by Crippen LogP contribution is -2.51. The zero-order chi connectivity index (χ0) is 19.1. The molecule has 1 saturated heterocycles. The molecule has 0 saturated carbocycles. The Balaban J connectivity index is 1.76. The largest absolute Gasteiger partial charge is 0.369 e. The molecule has 2 rings (SSSR count). The summed E-state index contributed by atoms with van der Waals surface area (Å²) in [5, 5.41) is 5.09. The van der Waals surface area contributed by atoms with Crippen molar-refractivity contribution in [3.63, 3.8) is 0 Å². The molecule has 1 aromatic rings. The summed E-state index contributed by atoms with van der Waals surface area (Å²) in [6.45, 7) is 8.72. The van der Waals surface area contributed by atoms with E-state index in [0.717, 1.165) is 38.3 Å². The van der Waals surface area contributed by atoms with Gasteiger partial charge in [-0.15, -0.1) is 0 Å². The van der Waals surface area contributed by atoms with Crippen molar-refractivity contribution in [2.45, 2.75) is 33.2 Å². The van der Waals surface area contributed by atoms with Crippen LogP contribution >= 0.6 is 0 Å². The summed E-state index contributed by atoms with van der Waals surface area (Å²) >= 11 is 0. The number of carbonyl (C=O) groups excluding carboxylic acids is 3. The van der Waals surface area contributed by atoms with Crippen molar-refractivity contribution in [3.8, 4) is 0 Å². The van der Waals surface area contributed by atoms with Crippen LogP contribution in [0.2, 0.25) is 0 Å². The minimum absolute atomic E-state index is 0.0423. The standard InChI is InChI=1S/C19H28N4O3/c1-4-14(2)20-19(26)21-18(25)13-22-9-11-23(12-10-22)17-7-5-16(6-8-17)15(3)24/h5-8,14H,4,9-13H2,1-3H3,(H2,20,21,25,26)/t14-/m1/s1. The molecule has 1 aliphatic heterocycles. The van der Waals surface area contributed by atoms with Crippen molar-refractivity contribution >= 4 is 23.4 Å². The van der Waals surface area contributed by atoms with Crippen LogP contribution < -0.4 is 15.5 Å². The van der Waals surface area contributed by atoms with Gasteiger partial charge in [-0.1, -0.05) is 6.92 Å². The molecular formula is C19H28N4O3. The van der Waals surface area contributed by atoms with Crippen LogP contribution in [0.25, 0.3) is 0 Å². The molecule has 7 heteroatoms. The molecule has 142 valence electrons. The predicted molar refractivity (Wildman–Crippen MR) is 102 cm³/mol. The van der Waals surface area contributed by atoms with E-state index in [0.29, 0.717) is 5.56 Å². The van der Waals surface area contributed by atoms with Crippen LogP contribution in [0.5, 0.6) is 0 Å². The minimum atomic E-state index is -0.437. The molecule has 0 radical (unpaired) electrons. The van der Waals surface area contributed by atoms with Crippen molar-refractivity contribution in [3.05, 3.63) is 29.8 Å². The molecule has 1 heterocycles. The number of piperazine rings is 1. The van der Waals surface area contributed by atoms with Crippen LogP contribution in [0.4, 0.5) is 10.5 Å². The molecule has 0 bridgehead atoms. The van der Waals surface area contributed by atoms with Gasteiger partial charge < -0.3 is 10.2 Å². The predicted octanol–water partition coefficient (Wildman–Crippen LogP) is 1.64. The molecule has 1 fully saturated rings. The molecular weight excluding hydrogens is 332 g/mol. The number of benzene rings is 1. The van der Waals surface area contributed by atoms with Crippen LogP contribution in [0, 0.1) is 0 Å². The normalized spacial score (nSPS) is 16.0. The highest BCUT2D eigenvalue weighted by molar-refractivity contribution is 5.95. The molecule has 0 spiro atoms. The lowest BCUT2D eigenvalue weighted by Gasteiger charge is -2.35. The second-order valence-electron chi connectivity index (χ2n) is 6.70. The smallest absolute Gasteiger partial charge is 0.321 e. The number of hydrogen-bond acceptors (Lipinski definition) is 5. The van der Waals surface area contributed by atoms with Crippen LogP contribution in [0.3, 0.4) is 0 Å². The first-order chi connectivity index (χ1) is 12.4. The summed E-state index contributed by atoms with van der Waals surface area (Å²) in [5.41, 5.74) is 1.78. The summed E-state index contributed by atoms with van der Waals surface area (Å²) < 4.78 is 0. The van der Waals surface area contributed by atoms with E-state index in [9.17, 15) is 14.4 Å². The average molecular weight is 360 g/mol. The van der Waals surface area contributed by atoms with Gasteiger partial charge >= 0.3 is 6.03 Å². The van der Waals surface area contributed by atoms with Gasteiger partial charge in [0.25, 0.3) is 0 Å². The summed E-state index contributed by atoms with van der Waals surface area (Å²) in [5.74, 6) is -0.227. The van der Waals surface area contributed by atoms with Crippen molar-refractivity contribution in [2.24, 2.45) is 0 Å². The number of imide groups is 1. The third-order valence-corrected chi connectivity index (χ3v) is 4.62. The third-order valence-electron chi connectivity index (χ3n) is 4.62. The van der Waals surface area contributed by atoms with E-state index >= 15 is 0 Å². The van der Waals surface area contributed by atoms with Gasteiger partial charge in [0.05, 0.1) is 6.54 Å². The zero-order valence-corrected chi connectivity index (χ0v) is 15.7. The Hall–Kier alpha value is -2.41. The number of nitrogens with zero attached hydrogens (tertiary/aromatic N) is 2. The SMILES string of the molecule is CC[C@@H](C)NC(=O)NC(=O)CN1CCN(c2ccc(C(C)=O)cc2)CC1. The fourth-order valence-corrected chi connectivity index (χ4v) is 2.80. The molecule has 7 nitrogen and oxygen atoms in total. The number of anilines is 1. The van der Waals surface area contributed by atoms with Gasteiger partial charge in [0, 0.05) is 43.5 Å². The van der Waals surface area contributed by atoms with Gasteiger partial charge in [0.15, 0.2) is 5.78 Å². The monoisotopic (exact) mass is 360 g/mol. The zero-order valence-electron chi connectivity index (χ0n) is 15.7. The number of Topliss-reactive ketones (excluding diaryl/α,β-unsaturated/α-hetero) is 1. The Labute approximate surface area is 154 Å². The maximum absolute atomic E-state index is 12.0. The van der Waals surface area contributed by atoms with Crippen LogP contribution in [0.15, 0.2) is 24.3 Å². The summed E-state index contributed by atoms with van der Waals surface area (Å²) in [6.07, 6.45) is 0.816. The van der Waals surface area contributed by atoms with E-state index in [2.05, 4.69) is 15.5 Å². The Bertz CT molecular complexity index is 637. The van der Waals surface area contributed by atoms with Crippen LogP contribution in [-0.2, 0) is 4.79 Å². The molecule has 0 unspecified atom stereocenters. The van der Waals surface area contributed by atoms with Gasteiger partial charge in [0.1, 0.15) is 0 Å². The fraction of sp³-hybridized carbons (Fsp3) is 0.526. The molecule has 0 aromatic heterocycles. The van der Waals surface area contributed by atoms with Gasteiger partial charge in [-0.25, -0.2) is 4.79 Å². The summed E-state index contributed by atoms with van der Waals surface area (Å²) in [7, 11) is 0. The number of ketones is 1. The highest BCUT2D eigenvalue weighted by Crippen LogP contribution is 2.17. The Kier molecular flexibility index (Phi) is 7.15. The van der Waals surface area contributed by atoms with E-state index in [1.807, 2.05) is 43.0 Å². The molecule has 26 heavy (non-hydrogen) atoms. The maximum atomic E-state index is 12.0. The number of nitrogens with one attached hydrogen (secondary N) is 2. The number of carbonyl (C=O) groups is 3. The minimum Gasteiger partial charge on any atom is -0.369 e. The Morgan fingerprint density at radius 3 is 2.23 bits per heavy atom. The Morgan fingerprint density at radius 1 is 1.08 bits per heavy atom. The summed E-state index contributed by atoms with van der Waals surface area (Å²) in [6, 6.07) is 7.20. The van der Waals surface area contributed by atoms with E-state index in [-0.39, 0.29) is 24.3 Å². The fourth-order valence-electron chi connectivity index (χ4n) is 2.80. The first-order valence-corrected chi connectivity index (χ1v) is 9.07. The maximum Gasteiger partial charge on any atom is 0.321 e. The van der Waals surface area contributed by atoms with E-state index in [4.69, 9.17) is 0 Å². The second-order valence-corrected chi connectivity index (χ2v) is 6.70. The van der Waals surface area contributed by atoms with Crippen molar-refractivity contribution < 1.29 is 14.4 Å². The average Bonchev–Trinajstić information content (AvgIpc) is 2.62. The third kappa shape index (κ3) is 5.84. The lowest BCUT2D eigenvalue weighted by atomic mass is 10.1. The van der Waals surface area contributed by atoms with Crippen LogP contribution in [0.1, 0.15) is 37.6 Å². The topological polar surface area (TPSA) is 81.8 Å². The van der Waals surface area contributed by atoms with Crippen molar-refractivity contribution in [1.82, 2.24) is 15.5 Å². The molecule has 1 atom stereocenters. The second kappa shape index (κ2) is 9.33. The van der Waals surface area contributed by atoms with Crippen LogP contribution in [-0.4, -0.2) is 61.4 Å². The van der Waals surface area contributed by atoms with Gasteiger partial charge in [-0.05, 0) is 44.5 Å². The molecule has 2 N–H and O–H groups in total. The highest BCUT2D eigenvalue weighted by atomic mass is 16.2. The number of urea groups is 1. The van der Waals surface area contributed by atoms with Gasteiger partial charge in [0.2, 0.25) is 5.91 Å². The van der Waals surface area contributed by atoms with Gasteiger partial charge in [-0.3, -0.25) is 19.8 Å². The number of amides is 3. The van der Waals surface area contributed by atoms with E-state index in [1.165, 1.54) is 0 Å². The quantitative estimate of drug-likeness (QED) is 0.754. The van der Waals surface area contributed by atoms with Crippen molar-refractivity contribution in [1.29, 1.82) is 0 Å². The van der Waals surface area contributed by atoms with Gasteiger partial charge in [-0.2, -0.15) is 0 Å². The number of rotatable bonds is 6. The molecule has 0 aliphatic carbocycles. The molecule has 3 amide bonds. The Morgan fingerprint density at radius 2 is 1.69 bits per heavy atom. The highest BCUT2D eigenvalue weighted by Gasteiger charge is 2.20. The van der Waals surface area contributed by atoms with Crippen molar-refractivity contribution in [2.75, 3.05) is 37.6 Å². The van der Waals surface area contributed by atoms with E-state index < -0.39 is 6.03 Å². The van der Waals surface area contributed by atoms with E-state index in [1.54, 1.807) is 6.92 Å². The summed E-state index contributed by atoms with van der Waals surface area (Å²) in [4.78, 5) is 39.3. The number of hydrogen-bond donors (Lipinski definition) is 2. The molecule has 1 aliphatic rings. The first-order valence-electron chi connectivity index (χ1n) is 9.07. The lowest BCUT2D eigenvalue weighted by molar-refractivity contribution is -0.121. The molecule has 1 aromatic carbocycles.